The molecule has 0 aliphatic carbocycles. The van der Waals surface area contributed by atoms with Crippen molar-refractivity contribution in [2.45, 2.75) is 39.8 Å². The number of hydrogen-bond acceptors (Lipinski definition) is 5. The number of amides is 2. The number of carbonyl (C=O) groups is 3. The Hall–Kier alpha value is -5.28. The van der Waals surface area contributed by atoms with Crippen LogP contribution in [0.15, 0.2) is 89.9 Å². The van der Waals surface area contributed by atoms with E-state index in [1.165, 1.54) is 24.8 Å². The second-order valence-electron chi connectivity index (χ2n) is 10.8. The fraction of sp³-hybridized carbons (Fsp3) is 0.171. The first-order valence-electron chi connectivity index (χ1n) is 14.4. The maximum atomic E-state index is 13.0. The summed E-state index contributed by atoms with van der Waals surface area (Å²) in [5, 5.41) is 15.5. The predicted octanol–water partition coefficient (Wildman–Crippen LogP) is 6.09. The van der Waals surface area contributed by atoms with Crippen LogP contribution in [0, 0.1) is 6.92 Å². The Balaban J connectivity index is 1.31. The molecule has 2 amide bonds. The summed E-state index contributed by atoms with van der Waals surface area (Å²) in [6, 6.07) is 23.0. The third-order valence-electron chi connectivity index (χ3n) is 7.58. The van der Waals surface area contributed by atoms with E-state index in [-0.39, 0.29) is 17.9 Å². The Morgan fingerprint density at radius 1 is 0.933 bits per heavy atom. The van der Waals surface area contributed by atoms with Crippen LogP contribution in [-0.2, 0) is 17.8 Å². The van der Waals surface area contributed by atoms with E-state index in [1.54, 1.807) is 28.8 Å². The van der Waals surface area contributed by atoms with Gasteiger partial charge in [0.15, 0.2) is 0 Å². The molecule has 2 aromatic heterocycles. The van der Waals surface area contributed by atoms with Crippen molar-refractivity contribution < 1.29 is 19.5 Å². The second-order valence-corrected chi connectivity index (χ2v) is 11.2. The molecular weight excluding hydrogens is 592 g/mol. The predicted molar refractivity (Wildman–Crippen MR) is 175 cm³/mol. The summed E-state index contributed by atoms with van der Waals surface area (Å²) >= 11 is 6.27. The van der Waals surface area contributed by atoms with Gasteiger partial charge in [-0.25, -0.2) is 9.78 Å². The molecular formula is C35H31ClN4O5. The summed E-state index contributed by atoms with van der Waals surface area (Å²) in [7, 11) is 0. The number of anilines is 1. The molecule has 2 heterocycles. The minimum Gasteiger partial charge on any atom is -0.477 e. The standard InChI is InChI=1S/C35H31ClN4O5/c1-4-22-7-9-24(10-8-22)25-11-13-26(14-12-25)34(43)37-21(3)33(42)39-30-16-15-29-31(38-30)32(41)27(35(44)45)19-40(29)18-23-6-5-20(2)28(36)17-23/h5-17,19,21H,4,18H2,1-3H3,(H,37,43)(H,44,45)(H,38,39,42)/t21-/m0/s1. The topological polar surface area (TPSA) is 130 Å². The van der Waals surface area contributed by atoms with E-state index in [2.05, 4.69) is 34.7 Å². The zero-order chi connectivity index (χ0) is 32.2. The number of nitrogens with zero attached hydrogens (tertiary/aromatic N) is 2. The smallest absolute Gasteiger partial charge is 0.341 e. The number of halogens is 1. The van der Waals surface area contributed by atoms with Gasteiger partial charge in [0.1, 0.15) is 22.9 Å². The molecule has 9 nitrogen and oxygen atoms in total. The van der Waals surface area contributed by atoms with Crippen LogP contribution >= 0.6 is 11.6 Å². The molecule has 0 spiro atoms. The van der Waals surface area contributed by atoms with Gasteiger partial charge >= 0.3 is 5.97 Å². The number of rotatable bonds is 9. The van der Waals surface area contributed by atoms with E-state index in [0.29, 0.717) is 16.1 Å². The highest BCUT2D eigenvalue weighted by Gasteiger charge is 2.20. The van der Waals surface area contributed by atoms with E-state index >= 15 is 0 Å². The summed E-state index contributed by atoms with van der Waals surface area (Å²) in [6.45, 7) is 5.74. The van der Waals surface area contributed by atoms with Crippen molar-refractivity contribution in [2.24, 2.45) is 0 Å². The van der Waals surface area contributed by atoms with Crippen molar-refractivity contribution in [2.75, 3.05) is 5.32 Å². The second kappa shape index (κ2) is 13.2. The number of pyridine rings is 2. The van der Waals surface area contributed by atoms with Crippen LogP contribution in [0.5, 0.6) is 0 Å². The normalized spacial score (nSPS) is 11.6. The third-order valence-corrected chi connectivity index (χ3v) is 7.99. The summed E-state index contributed by atoms with van der Waals surface area (Å²) in [5.74, 6) is -2.35. The highest BCUT2D eigenvalue weighted by molar-refractivity contribution is 6.31. The molecule has 0 unspecified atom stereocenters. The number of carboxylic acid groups (broad SMARTS) is 1. The number of carbonyl (C=O) groups excluding carboxylic acids is 2. The van der Waals surface area contributed by atoms with E-state index in [0.717, 1.165) is 28.7 Å². The Labute approximate surface area is 264 Å². The van der Waals surface area contributed by atoms with Crippen LogP contribution in [0.4, 0.5) is 5.82 Å². The van der Waals surface area contributed by atoms with Crippen molar-refractivity contribution in [1.82, 2.24) is 14.9 Å². The lowest BCUT2D eigenvalue weighted by Crippen LogP contribution is -2.41. The molecule has 0 saturated carbocycles. The number of benzene rings is 3. The largest absolute Gasteiger partial charge is 0.477 e. The Kier molecular flexibility index (Phi) is 9.11. The van der Waals surface area contributed by atoms with E-state index in [4.69, 9.17) is 11.6 Å². The molecule has 0 bridgehead atoms. The minimum absolute atomic E-state index is 0.0385. The monoisotopic (exact) mass is 622 g/mol. The summed E-state index contributed by atoms with van der Waals surface area (Å²) < 4.78 is 1.61. The van der Waals surface area contributed by atoms with Gasteiger partial charge in [0.05, 0.1) is 5.52 Å². The third kappa shape index (κ3) is 6.94. The molecule has 5 aromatic rings. The van der Waals surface area contributed by atoms with Gasteiger partial charge in [-0.3, -0.25) is 14.4 Å². The number of carboxylic acids is 1. The molecule has 5 rings (SSSR count). The van der Waals surface area contributed by atoms with Crippen molar-refractivity contribution in [3.05, 3.63) is 128 Å². The van der Waals surface area contributed by atoms with E-state index < -0.39 is 34.8 Å². The Morgan fingerprint density at radius 3 is 2.20 bits per heavy atom. The van der Waals surface area contributed by atoms with E-state index in [9.17, 15) is 24.3 Å². The van der Waals surface area contributed by atoms with Gasteiger partial charge in [-0.15, -0.1) is 0 Å². The number of hydrogen-bond donors (Lipinski definition) is 3. The first-order chi connectivity index (χ1) is 21.5. The van der Waals surface area contributed by atoms with Gasteiger partial charge < -0.3 is 20.3 Å². The van der Waals surface area contributed by atoms with Crippen LogP contribution in [-0.4, -0.2) is 38.5 Å². The molecule has 3 N–H and O–H groups in total. The number of aromatic nitrogens is 2. The SMILES string of the molecule is CCc1ccc(-c2ccc(C(=O)N[C@@H](C)C(=O)Nc3ccc4c(n3)c(=O)c(C(=O)O)cn4Cc3ccc(C)c(Cl)c3)cc2)cc1. The molecule has 0 fully saturated rings. The Morgan fingerprint density at radius 2 is 1.58 bits per heavy atom. The molecule has 0 aliphatic heterocycles. The highest BCUT2D eigenvalue weighted by Crippen LogP contribution is 2.22. The number of fused-ring (bicyclic) bond motifs is 1. The van der Waals surface area contributed by atoms with Crippen molar-refractivity contribution in [3.63, 3.8) is 0 Å². The summed E-state index contributed by atoms with van der Waals surface area (Å²) in [5.41, 5.74) is 4.36. The summed E-state index contributed by atoms with van der Waals surface area (Å²) in [4.78, 5) is 55.1. The zero-order valence-electron chi connectivity index (χ0n) is 24.9. The summed E-state index contributed by atoms with van der Waals surface area (Å²) in [6.07, 6.45) is 2.23. The van der Waals surface area contributed by atoms with Crippen LogP contribution < -0.4 is 16.1 Å². The first kappa shape index (κ1) is 31.2. The molecule has 1 atom stereocenters. The quantitative estimate of drug-likeness (QED) is 0.182. The van der Waals surface area contributed by atoms with Gasteiger partial charge in [-0.05, 0) is 78.4 Å². The van der Waals surface area contributed by atoms with Gasteiger partial charge in [-0.2, -0.15) is 0 Å². The van der Waals surface area contributed by atoms with Crippen LogP contribution in [0.25, 0.3) is 22.2 Å². The fourth-order valence-electron chi connectivity index (χ4n) is 4.87. The zero-order valence-corrected chi connectivity index (χ0v) is 25.7. The van der Waals surface area contributed by atoms with Gasteiger partial charge in [0.25, 0.3) is 5.91 Å². The maximum Gasteiger partial charge on any atom is 0.341 e. The average Bonchev–Trinajstić information content (AvgIpc) is 3.04. The van der Waals surface area contributed by atoms with Crippen molar-refractivity contribution in [1.29, 1.82) is 0 Å². The molecule has 0 aliphatic rings. The molecule has 45 heavy (non-hydrogen) atoms. The van der Waals surface area contributed by atoms with E-state index in [1.807, 2.05) is 43.3 Å². The lowest BCUT2D eigenvalue weighted by molar-refractivity contribution is -0.117. The Bertz CT molecular complexity index is 1990. The number of aryl methyl sites for hydroxylation is 2. The number of nitrogens with one attached hydrogen (secondary N) is 2. The van der Waals surface area contributed by atoms with Gasteiger partial charge in [-0.1, -0.05) is 67.1 Å². The number of aromatic carboxylic acids is 1. The molecule has 0 saturated heterocycles. The highest BCUT2D eigenvalue weighted by atomic mass is 35.5. The molecule has 10 heteroatoms. The molecule has 3 aromatic carbocycles. The maximum absolute atomic E-state index is 13.0. The fourth-order valence-corrected chi connectivity index (χ4v) is 5.08. The molecule has 0 radical (unpaired) electrons. The molecule has 228 valence electrons. The lowest BCUT2D eigenvalue weighted by atomic mass is 10.0. The lowest BCUT2D eigenvalue weighted by Gasteiger charge is -2.16. The van der Waals surface area contributed by atoms with Gasteiger partial charge in [0, 0.05) is 23.3 Å². The minimum atomic E-state index is -1.40. The van der Waals surface area contributed by atoms with Crippen molar-refractivity contribution in [3.8, 4) is 11.1 Å². The average molecular weight is 623 g/mol. The van der Waals surface area contributed by atoms with Crippen LogP contribution in [0.1, 0.15) is 51.3 Å². The van der Waals surface area contributed by atoms with Crippen molar-refractivity contribution >= 4 is 46.2 Å². The van der Waals surface area contributed by atoms with Crippen LogP contribution in [0.3, 0.4) is 0 Å². The first-order valence-corrected chi connectivity index (χ1v) is 14.8. The van der Waals surface area contributed by atoms with Crippen LogP contribution in [0.2, 0.25) is 5.02 Å². The van der Waals surface area contributed by atoms with Gasteiger partial charge in [0.2, 0.25) is 11.3 Å².